The molecule has 3 rings (SSSR count). The van der Waals surface area contributed by atoms with Crippen LogP contribution in [0.3, 0.4) is 0 Å². The van der Waals surface area contributed by atoms with E-state index in [1.54, 1.807) is 4.90 Å². The van der Waals surface area contributed by atoms with Gasteiger partial charge in [0.25, 0.3) is 5.91 Å². The van der Waals surface area contributed by atoms with Crippen LogP contribution < -0.4 is 4.90 Å². The summed E-state index contributed by atoms with van der Waals surface area (Å²) < 4.78 is 5.50. The van der Waals surface area contributed by atoms with Crippen LogP contribution in [0.2, 0.25) is 0 Å². The maximum absolute atomic E-state index is 12.5. The summed E-state index contributed by atoms with van der Waals surface area (Å²) in [4.78, 5) is 14.3. The second-order valence-electron chi connectivity index (χ2n) is 5.31. The molecule has 1 fully saturated rings. The second kappa shape index (κ2) is 4.94. The number of rotatable bonds is 1. The molecule has 19 heavy (non-hydrogen) atoms. The molecule has 102 valence electrons. The van der Waals surface area contributed by atoms with Gasteiger partial charge >= 0.3 is 0 Å². The molecule has 2 aliphatic rings. The molecule has 1 amide bonds. The molecule has 0 radical (unpaired) electrons. The summed E-state index contributed by atoms with van der Waals surface area (Å²) in [6, 6.07) is 5.81. The van der Waals surface area contributed by atoms with Crippen LogP contribution in [-0.2, 0) is 9.53 Å². The molecule has 2 atom stereocenters. The summed E-state index contributed by atoms with van der Waals surface area (Å²) >= 11 is 0. The van der Waals surface area contributed by atoms with E-state index in [4.69, 9.17) is 4.74 Å². The lowest BCUT2D eigenvalue weighted by Crippen LogP contribution is -2.43. The topological polar surface area (TPSA) is 49.8 Å². The summed E-state index contributed by atoms with van der Waals surface area (Å²) in [5.74, 6) is 0.0416. The highest BCUT2D eigenvalue weighted by atomic mass is 16.5. The van der Waals surface area contributed by atoms with Gasteiger partial charge in [-0.15, -0.1) is 0 Å². The number of para-hydroxylation sites is 1. The molecule has 1 N–H and O–H groups in total. The Bertz CT molecular complexity index is 494. The van der Waals surface area contributed by atoms with Crippen molar-refractivity contribution in [3.05, 3.63) is 29.3 Å². The van der Waals surface area contributed by atoms with Crippen molar-refractivity contribution < 1.29 is 14.6 Å². The van der Waals surface area contributed by atoms with Gasteiger partial charge in [0.2, 0.25) is 0 Å². The van der Waals surface area contributed by atoms with Gasteiger partial charge in [0.1, 0.15) is 6.10 Å². The van der Waals surface area contributed by atoms with Crippen molar-refractivity contribution in [2.24, 2.45) is 0 Å². The average molecular weight is 261 g/mol. The van der Waals surface area contributed by atoms with E-state index in [0.29, 0.717) is 19.6 Å². The van der Waals surface area contributed by atoms with E-state index < -0.39 is 6.10 Å². The number of hydrogen-bond donors (Lipinski definition) is 1. The number of benzene rings is 1. The Labute approximate surface area is 113 Å². The number of ether oxygens (including phenoxy) is 1. The fraction of sp³-hybridized carbons (Fsp3) is 0.533. The van der Waals surface area contributed by atoms with Gasteiger partial charge in [-0.3, -0.25) is 4.79 Å². The fourth-order valence-electron chi connectivity index (χ4n) is 3.00. The van der Waals surface area contributed by atoms with Gasteiger partial charge in [0.05, 0.1) is 11.8 Å². The Kier molecular flexibility index (Phi) is 3.29. The Morgan fingerprint density at radius 1 is 1.42 bits per heavy atom. The first-order valence-corrected chi connectivity index (χ1v) is 6.89. The number of anilines is 1. The molecule has 0 aromatic heterocycles. The van der Waals surface area contributed by atoms with E-state index in [2.05, 4.69) is 0 Å². The van der Waals surface area contributed by atoms with Crippen LogP contribution in [0.5, 0.6) is 0 Å². The molecular formula is C15H19NO3. The summed E-state index contributed by atoms with van der Waals surface area (Å²) in [6.07, 6.45) is 1.58. The highest BCUT2D eigenvalue weighted by Crippen LogP contribution is 2.37. The van der Waals surface area contributed by atoms with Gasteiger partial charge < -0.3 is 14.7 Å². The van der Waals surface area contributed by atoms with Gasteiger partial charge in [-0.05, 0) is 31.7 Å². The van der Waals surface area contributed by atoms with Crippen molar-refractivity contribution in [1.29, 1.82) is 0 Å². The second-order valence-corrected chi connectivity index (χ2v) is 5.31. The Morgan fingerprint density at radius 3 is 3.00 bits per heavy atom. The number of aryl methyl sites for hydroxylation is 1. The number of carbonyl (C=O) groups excluding carboxylic acids is 1. The lowest BCUT2D eigenvalue weighted by molar-refractivity contribution is -0.127. The first-order valence-electron chi connectivity index (χ1n) is 6.89. The molecule has 0 saturated carbocycles. The van der Waals surface area contributed by atoms with Crippen LogP contribution in [0.15, 0.2) is 18.2 Å². The summed E-state index contributed by atoms with van der Waals surface area (Å²) in [6.45, 7) is 3.22. The zero-order valence-electron chi connectivity index (χ0n) is 11.1. The molecule has 4 heteroatoms. The molecule has 0 spiro atoms. The number of nitrogens with zero attached hydrogens (tertiary/aromatic N) is 1. The molecule has 4 nitrogen and oxygen atoms in total. The highest BCUT2D eigenvalue weighted by Gasteiger charge is 2.34. The molecule has 0 bridgehead atoms. The number of amides is 1. The quantitative estimate of drug-likeness (QED) is 0.840. The maximum Gasteiger partial charge on any atom is 0.256 e. The number of aliphatic hydroxyl groups is 1. The minimum Gasteiger partial charge on any atom is -0.388 e. The third-order valence-electron chi connectivity index (χ3n) is 4.00. The Balaban J connectivity index is 1.96. The monoisotopic (exact) mass is 261 g/mol. The van der Waals surface area contributed by atoms with Crippen molar-refractivity contribution in [2.45, 2.75) is 38.4 Å². The van der Waals surface area contributed by atoms with E-state index >= 15 is 0 Å². The standard InChI is InChI=1S/C15H19NO3/c1-10-4-2-5-11-12(17)7-8-16(14(10)11)15(18)13-6-3-9-19-13/h2,4-5,12-13,17H,3,6-9H2,1H3. The van der Waals surface area contributed by atoms with Crippen molar-refractivity contribution in [2.75, 3.05) is 18.1 Å². The number of aliphatic hydroxyl groups excluding tert-OH is 1. The highest BCUT2D eigenvalue weighted by molar-refractivity contribution is 5.98. The van der Waals surface area contributed by atoms with E-state index in [0.717, 1.165) is 29.7 Å². The van der Waals surface area contributed by atoms with Crippen molar-refractivity contribution in [3.8, 4) is 0 Å². The Hall–Kier alpha value is -1.39. The maximum atomic E-state index is 12.5. The molecule has 1 aromatic rings. The lowest BCUT2D eigenvalue weighted by Gasteiger charge is -2.34. The van der Waals surface area contributed by atoms with E-state index in [1.165, 1.54) is 0 Å². The predicted molar refractivity (Wildman–Crippen MR) is 72.1 cm³/mol. The van der Waals surface area contributed by atoms with Crippen LogP contribution in [0.1, 0.15) is 36.5 Å². The molecule has 2 aliphatic heterocycles. The minimum absolute atomic E-state index is 0.0416. The minimum atomic E-state index is -0.469. The summed E-state index contributed by atoms with van der Waals surface area (Å²) in [5.41, 5.74) is 2.77. The zero-order chi connectivity index (χ0) is 13.4. The van der Waals surface area contributed by atoms with Gasteiger partial charge in [-0.25, -0.2) is 0 Å². The van der Waals surface area contributed by atoms with Crippen LogP contribution >= 0.6 is 0 Å². The van der Waals surface area contributed by atoms with Crippen molar-refractivity contribution >= 4 is 11.6 Å². The molecule has 1 saturated heterocycles. The molecule has 1 aromatic carbocycles. The molecule has 2 unspecified atom stereocenters. The first kappa shape index (κ1) is 12.6. The smallest absolute Gasteiger partial charge is 0.256 e. The number of hydrogen-bond acceptors (Lipinski definition) is 3. The van der Waals surface area contributed by atoms with Crippen LogP contribution in [0, 0.1) is 6.92 Å². The van der Waals surface area contributed by atoms with E-state index in [-0.39, 0.29) is 12.0 Å². The van der Waals surface area contributed by atoms with Gasteiger partial charge in [0, 0.05) is 18.7 Å². The van der Waals surface area contributed by atoms with Crippen LogP contribution in [0.25, 0.3) is 0 Å². The third kappa shape index (κ3) is 2.15. The summed E-state index contributed by atoms with van der Waals surface area (Å²) in [7, 11) is 0. The van der Waals surface area contributed by atoms with Gasteiger partial charge in [-0.1, -0.05) is 18.2 Å². The number of carbonyl (C=O) groups is 1. The normalized spacial score (nSPS) is 26.3. The van der Waals surface area contributed by atoms with Crippen molar-refractivity contribution in [3.63, 3.8) is 0 Å². The average Bonchev–Trinajstić information content (AvgIpc) is 2.93. The van der Waals surface area contributed by atoms with Gasteiger partial charge in [0.15, 0.2) is 0 Å². The van der Waals surface area contributed by atoms with E-state index in [1.807, 2.05) is 25.1 Å². The predicted octanol–water partition coefficient (Wildman–Crippen LogP) is 1.94. The molecular weight excluding hydrogens is 242 g/mol. The van der Waals surface area contributed by atoms with E-state index in [9.17, 15) is 9.90 Å². The molecule has 2 heterocycles. The SMILES string of the molecule is Cc1cccc2c1N(C(=O)C1CCCO1)CCC2O. The fourth-order valence-corrected chi connectivity index (χ4v) is 3.00. The van der Waals surface area contributed by atoms with Crippen LogP contribution in [-0.4, -0.2) is 30.3 Å². The first-order chi connectivity index (χ1) is 9.18. The largest absolute Gasteiger partial charge is 0.388 e. The summed E-state index contributed by atoms with van der Waals surface area (Å²) in [5, 5.41) is 10.1. The Morgan fingerprint density at radius 2 is 2.26 bits per heavy atom. The zero-order valence-corrected chi connectivity index (χ0v) is 11.1. The third-order valence-corrected chi connectivity index (χ3v) is 4.00. The van der Waals surface area contributed by atoms with Crippen molar-refractivity contribution in [1.82, 2.24) is 0 Å². The molecule has 0 aliphatic carbocycles. The number of fused-ring (bicyclic) bond motifs is 1. The van der Waals surface area contributed by atoms with Gasteiger partial charge in [-0.2, -0.15) is 0 Å². The lowest BCUT2D eigenvalue weighted by atomic mass is 9.95. The van der Waals surface area contributed by atoms with Crippen LogP contribution in [0.4, 0.5) is 5.69 Å².